The Morgan fingerprint density at radius 2 is 1.82 bits per heavy atom. The standard InChI is InChI=1S/C20H22N2O5S/c1-2-26-20(25)17-14-6-4-3-5-7-15(14)28-18(17)22-16(23)12-27-19(24)13-8-10-21-11-9-13/h8-11H,2-7,12H2,1H3,(H,22,23). The predicted molar refractivity (Wildman–Crippen MR) is 105 cm³/mol. The predicted octanol–water partition coefficient (Wildman–Crippen LogP) is 3.38. The molecule has 1 N–H and O–H groups in total. The summed E-state index contributed by atoms with van der Waals surface area (Å²) in [5, 5.41) is 3.19. The number of hydrogen-bond donors (Lipinski definition) is 1. The van der Waals surface area contributed by atoms with E-state index in [4.69, 9.17) is 9.47 Å². The molecule has 0 saturated carbocycles. The number of aryl methyl sites for hydroxylation is 1. The van der Waals surface area contributed by atoms with Gasteiger partial charge in [0.2, 0.25) is 0 Å². The van der Waals surface area contributed by atoms with E-state index < -0.39 is 24.5 Å². The van der Waals surface area contributed by atoms with Gasteiger partial charge in [0.25, 0.3) is 5.91 Å². The number of esters is 2. The normalized spacial score (nSPS) is 13.2. The number of aromatic nitrogens is 1. The van der Waals surface area contributed by atoms with Crippen LogP contribution in [0.1, 0.15) is 57.3 Å². The van der Waals surface area contributed by atoms with E-state index >= 15 is 0 Å². The largest absolute Gasteiger partial charge is 0.462 e. The molecule has 2 aromatic heterocycles. The lowest BCUT2D eigenvalue weighted by atomic mass is 10.1. The third-order valence-electron chi connectivity index (χ3n) is 4.40. The van der Waals surface area contributed by atoms with Crippen LogP contribution in [0.15, 0.2) is 24.5 Å². The number of anilines is 1. The fourth-order valence-electron chi connectivity index (χ4n) is 3.12. The average Bonchev–Trinajstić information content (AvgIpc) is 2.87. The topological polar surface area (TPSA) is 94.6 Å². The summed E-state index contributed by atoms with van der Waals surface area (Å²) in [4.78, 5) is 41.7. The molecule has 148 valence electrons. The number of amides is 1. The van der Waals surface area contributed by atoms with Gasteiger partial charge in [0.05, 0.1) is 17.7 Å². The number of carbonyl (C=O) groups excluding carboxylic acids is 3. The molecule has 1 aliphatic rings. The van der Waals surface area contributed by atoms with Crippen molar-refractivity contribution >= 4 is 34.2 Å². The maximum absolute atomic E-state index is 12.5. The zero-order valence-electron chi connectivity index (χ0n) is 15.7. The third kappa shape index (κ3) is 4.75. The Kier molecular flexibility index (Phi) is 6.76. The summed E-state index contributed by atoms with van der Waals surface area (Å²) in [6, 6.07) is 3.02. The summed E-state index contributed by atoms with van der Waals surface area (Å²) in [7, 11) is 0. The first-order chi connectivity index (χ1) is 13.6. The molecule has 1 amide bonds. The Hall–Kier alpha value is -2.74. The summed E-state index contributed by atoms with van der Waals surface area (Å²) < 4.78 is 10.2. The molecule has 7 nitrogen and oxygen atoms in total. The van der Waals surface area contributed by atoms with Crippen molar-refractivity contribution in [3.05, 3.63) is 46.1 Å². The molecule has 28 heavy (non-hydrogen) atoms. The first kappa shape index (κ1) is 20.0. The van der Waals surface area contributed by atoms with Crippen molar-refractivity contribution in [3.8, 4) is 0 Å². The molecule has 0 unspecified atom stereocenters. The lowest BCUT2D eigenvalue weighted by molar-refractivity contribution is -0.119. The summed E-state index contributed by atoms with van der Waals surface area (Å²) in [6.45, 7) is 1.58. The average molecular weight is 402 g/mol. The van der Waals surface area contributed by atoms with Crippen LogP contribution in [0.25, 0.3) is 0 Å². The Labute approximate surface area is 167 Å². The molecule has 0 fully saturated rings. The molecule has 0 aliphatic heterocycles. The summed E-state index contributed by atoms with van der Waals surface area (Å²) in [5.41, 5.74) is 1.74. The number of thiophene rings is 1. The summed E-state index contributed by atoms with van der Waals surface area (Å²) in [6.07, 6.45) is 7.82. The van der Waals surface area contributed by atoms with E-state index in [-0.39, 0.29) is 6.61 Å². The molecule has 2 heterocycles. The van der Waals surface area contributed by atoms with Crippen LogP contribution in [0.2, 0.25) is 0 Å². The molecule has 3 rings (SSSR count). The van der Waals surface area contributed by atoms with E-state index in [9.17, 15) is 14.4 Å². The van der Waals surface area contributed by atoms with Crippen LogP contribution in [-0.4, -0.2) is 36.0 Å². The molecular formula is C20H22N2O5S. The van der Waals surface area contributed by atoms with Crippen molar-refractivity contribution in [2.45, 2.75) is 39.0 Å². The van der Waals surface area contributed by atoms with E-state index in [0.29, 0.717) is 16.1 Å². The lowest BCUT2D eigenvalue weighted by Gasteiger charge is -2.09. The number of fused-ring (bicyclic) bond motifs is 1. The van der Waals surface area contributed by atoms with Gasteiger partial charge in [-0.05, 0) is 50.3 Å². The van der Waals surface area contributed by atoms with Gasteiger partial charge in [-0.3, -0.25) is 9.78 Å². The SMILES string of the molecule is CCOC(=O)c1c(NC(=O)COC(=O)c2ccncc2)sc2c1CCCCC2. The van der Waals surface area contributed by atoms with E-state index in [0.717, 1.165) is 42.5 Å². The van der Waals surface area contributed by atoms with Crippen LogP contribution >= 0.6 is 11.3 Å². The van der Waals surface area contributed by atoms with E-state index in [1.807, 2.05) is 0 Å². The first-order valence-electron chi connectivity index (χ1n) is 9.28. The van der Waals surface area contributed by atoms with Crippen molar-refractivity contribution < 1.29 is 23.9 Å². The highest BCUT2D eigenvalue weighted by Crippen LogP contribution is 2.38. The van der Waals surface area contributed by atoms with Crippen molar-refractivity contribution in [1.29, 1.82) is 0 Å². The van der Waals surface area contributed by atoms with E-state index in [1.54, 1.807) is 6.92 Å². The van der Waals surface area contributed by atoms with Gasteiger partial charge in [-0.15, -0.1) is 11.3 Å². The third-order valence-corrected chi connectivity index (χ3v) is 5.61. The van der Waals surface area contributed by atoms with Crippen molar-refractivity contribution in [2.75, 3.05) is 18.5 Å². The second-order valence-electron chi connectivity index (χ2n) is 6.35. The van der Waals surface area contributed by atoms with Gasteiger partial charge in [0, 0.05) is 17.3 Å². The molecule has 0 atom stereocenters. The van der Waals surface area contributed by atoms with Gasteiger partial charge in [-0.1, -0.05) is 6.42 Å². The van der Waals surface area contributed by atoms with Crippen LogP contribution in [0.4, 0.5) is 5.00 Å². The van der Waals surface area contributed by atoms with E-state index in [1.165, 1.54) is 35.9 Å². The molecule has 0 aromatic carbocycles. The van der Waals surface area contributed by atoms with Crippen molar-refractivity contribution in [3.63, 3.8) is 0 Å². The van der Waals surface area contributed by atoms with Crippen LogP contribution < -0.4 is 5.32 Å². The molecule has 1 aliphatic carbocycles. The number of hydrogen-bond acceptors (Lipinski definition) is 7. The van der Waals surface area contributed by atoms with Gasteiger partial charge < -0.3 is 14.8 Å². The maximum atomic E-state index is 12.5. The Morgan fingerprint density at radius 3 is 2.57 bits per heavy atom. The van der Waals surface area contributed by atoms with Crippen molar-refractivity contribution in [1.82, 2.24) is 4.98 Å². The summed E-state index contributed by atoms with van der Waals surface area (Å²) >= 11 is 1.41. The fraction of sp³-hybridized carbons (Fsp3) is 0.400. The minimum absolute atomic E-state index is 0.264. The van der Waals surface area contributed by atoms with Gasteiger partial charge in [-0.25, -0.2) is 9.59 Å². The molecule has 0 radical (unpaired) electrons. The monoisotopic (exact) mass is 402 g/mol. The number of ether oxygens (including phenoxy) is 2. The van der Waals surface area contributed by atoms with Gasteiger partial charge in [0.1, 0.15) is 5.00 Å². The Balaban J connectivity index is 1.71. The van der Waals surface area contributed by atoms with Crippen LogP contribution in [0.3, 0.4) is 0 Å². The fourth-order valence-corrected chi connectivity index (χ4v) is 4.41. The van der Waals surface area contributed by atoms with Crippen molar-refractivity contribution in [2.24, 2.45) is 0 Å². The zero-order valence-corrected chi connectivity index (χ0v) is 16.5. The van der Waals surface area contributed by atoms with Crippen LogP contribution in [-0.2, 0) is 27.1 Å². The molecule has 8 heteroatoms. The number of nitrogens with zero attached hydrogens (tertiary/aromatic N) is 1. The second-order valence-corrected chi connectivity index (χ2v) is 7.45. The Bertz CT molecular complexity index is 863. The molecule has 0 saturated heterocycles. The van der Waals surface area contributed by atoms with Crippen LogP contribution in [0, 0.1) is 0 Å². The number of pyridine rings is 1. The van der Waals surface area contributed by atoms with Crippen LogP contribution in [0.5, 0.6) is 0 Å². The quantitative estimate of drug-likeness (QED) is 0.588. The first-order valence-corrected chi connectivity index (χ1v) is 10.1. The van der Waals surface area contributed by atoms with Gasteiger partial charge in [-0.2, -0.15) is 0 Å². The lowest BCUT2D eigenvalue weighted by Crippen LogP contribution is -2.22. The minimum atomic E-state index is -0.606. The smallest absolute Gasteiger partial charge is 0.341 e. The zero-order chi connectivity index (χ0) is 19.9. The maximum Gasteiger partial charge on any atom is 0.341 e. The van der Waals surface area contributed by atoms with Gasteiger partial charge in [0.15, 0.2) is 6.61 Å². The Morgan fingerprint density at radius 1 is 1.07 bits per heavy atom. The molecule has 2 aromatic rings. The second kappa shape index (κ2) is 9.45. The highest BCUT2D eigenvalue weighted by molar-refractivity contribution is 7.17. The molecule has 0 bridgehead atoms. The minimum Gasteiger partial charge on any atom is -0.462 e. The molecule has 0 spiro atoms. The highest BCUT2D eigenvalue weighted by atomic mass is 32.1. The van der Waals surface area contributed by atoms with Gasteiger partial charge >= 0.3 is 11.9 Å². The molecular weight excluding hydrogens is 380 g/mol. The number of rotatable bonds is 6. The number of nitrogens with one attached hydrogen (secondary N) is 1. The summed E-state index contributed by atoms with van der Waals surface area (Å²) in [5.74, 6) is -1.53. The van der Waals surface area contributed by atoms with E-state index in [2.05, 4.69) is 10.3 Å². The number of carbonyl (C=O) groups is 3. The highest BCUT2D eigenvalue weighted by Gasteiger charge is 2.26.